The van der Waals surface area contributed by atoms with Gasteiger partial charge in [-0.3, -0.25) is 14.5 Å². The van der Waals surface area contributed by atoms with Crippen molar-refractivity contribution in [1.29, 1.82) is 0 Å². The Morgan fingerprint density at radius 2 is 1.57 bits per heavy atom. The summed E-state index contributed by atoms with van der Waals surface area (Å²) in [6.45, 7) is 0.0761. The molecule has 6 rings (SSSR count). The molecule has 0 bridgehead atoms. The van der Waals surface area contributed by atoms with Crippen molar-refractivity contribution in [3.05, 3.63) is 83.9 Å². The van der Waals surface area contributed by atoms with E-state index in [0.717, 1.165) is 61.2 Å². The number of hydrogen-bond donors (Lipinski definition) is 0. The van der Waals surface area contributed by atoms with Crippen LogP contribution < -0.4 is 4.90 Å². The number of rotatable bonds is 5. The molecule has 2 aromatic carbocycles. The van der Waals surface area contributed by atoms with Crippen molar-refractivity contribution in [2.24, 2.45) is 5.92 Å². The summed E-state index contributed by atoms with van der Waals surface area (Å²) in [6, 6.07) is 18.0. The zero-order chi connectivity index (χ0) is 23.9. The van der Waals surface area contributed by atoms with Crippen molar-refractivity contribution in [2.75, 3.05) is 11.4 Å². The molecule has 0 saturated heterocycles. The third kappa shape index (κ3) is 4.05. The zero-order valence-electron chi connectivity index (χ0n) is 19.8. The van der Waals surface area contributed by atoms with Crippen molar-refractivity contribution in [1.82, 2.24) is 9.47 Å². The van der Waals surface area contributed by atoms with Gasteiger partial charge >= 0.3 is 0 Å². The first kappa shape index (κ1) is 22.1. The minimum absolute atomic E-state index is 0.0379. The van der Waals surface area contributed by atoms with Gasteiger partial charge in [0, 0.05) is 18.2 Å². The van der Waals surface area contributed by atoms with Crippen LogP contribution in [0.25, 0.3) is 5.69 Å². The first-order chi connectivity index (χ1) is 17.1. The second kappa shape index (κ2) is 8.99. The Labute approximate surface area is 205 Å². The van der Waals surface area contributed by atoms with Gasteiger partial charge in [-0.25, -0.2) is 4.39 Å². The molecule has 0 N–H and O–H groups in total. The highest BCUT2D eigenvalue weighted by Crippen LogP contribution is 2.43. The van der Waals surface area contributed by atoms with E-state index < -0.39 is 6.04 Å². The largest absolute Gasteiger partial charge is 0.330 e. The van der Waals surface area contributed by atoms with Crippen LogP contribution in [0.15, 0.2) is 66.9 Å². The van der Waals surface area contributed by atoms with Gasteiger partial charge in [0.05, 0.1) is 17.1 Å². The van der Waals surface area contributed by atoms with Crippen LogP contribution in [-0.2, 0) is 9.59 Å². The maximum absolute atomic E-state index is 14.1. The molecule has 1 unspecified atom stereocenters. The molecule has 180 valence electrons. The minimum Gasteiger partial charge on any atom is -0.330 e. The van der Waals surface area contributed by atoms with E-state index >= 15 is 0 Å². The number of hydrogen-bond acceptors (Lipinski definition) is 2. The molecule has 3 aromatic rings. The lowest BCUT2D eigenvalue weighted by Gasteiger charge is -2.40. The maximum atomic E-state index is 14.1. The lowest BCUT2D eigenvalue weighted by molar-refractivity contribution is -0.140. The molecule has 2 amide bonds. The van der Waals surface area contributed by atoms with Crippen molar-refractivity contribution in [2.45, 2.75) is 57.0 Å². The van der Waals surface area contributed by atoms with Gasteiger partial charge in [-0.05, 0) is 67.6 Å². The van der Waals surface area contributed by atoms with Gasteiger partial charge in [0.15, 0.2) is 0 Å². The van der Waals surface area contributed by atoms with E-state index in [4.69, 9.17) is 0 Å². The van der Waals surface area contributed by atoms with Gasteiger partial charge in [0.25, 0.3) is 0 Å². The summed E-state index contributed by atoms with van der Waals surface area (Å²) in [5.74, 6) is -0.227. The summed E-state index contributed by atoms with van der Waals surface area (Å²) in [5, 5.41) is 0. The molecule has 5 nitrogen and oxygen atoms in total. The Hall–Kier alpha value is -3.41. The number of fused-ring (bicyclic) bond motifs is 3. The van der Waals surface area contributed by atoms with Crippen LogP contribution in [0.5, 0.6) is 0 Å². The molecule has 1 aromatic heterocycles. The molecule has 6 heteroatoms. The molecule has 0 spiro atoms. The quantitative estimate of drug-likeness (QED) is 0.485. The van der Waals surface area contributed by atoms with Gasteiger partial charge in [0.1, 0.15) is 18.4 Å². The summed E-state index contributed by atoms with van der Waals surface area (Å²) in [5.41, 5.74) is 3.51. The lowest BCUT2D eigenvalue weighted by atomic mass is 9.88. The highest BCUT2D eigenvalue weighted by atomic mass is 19.1. The molecule has 35 heavy (non-hydrogen) atoms. The molecule has 1 aliphatic heterocycles. The zero-order valence-corrected chi connectivity index (χ0v) is 19.8. The first-order valence-electron chi connectivity index (χ1n) is 12.8. The second-order valence-electron chi connectivity index (χ2n) is 10.0. The van der Waals surface area contributed by atoms with Crippen molar-refractivity contribution < 1.29 is 14.0 Å². The fourth-order valence-electron chi connectivity index (χ4n) is 5.80. The molecule has 2 fully saturated rings. The molecular weight excluding hydrogens is 441 g/mol. The van der Waals surface area contributed by atoms with Crippen LogP contribution in [0, 0.1) is 11.7 Å². The van der Waals surface area contributed by atoms with Gasteiger partial charge in [-0.15, -0.1) is 0 Å². The van der Waals surface area contributed by atoms with Crippen LogP contribution in [-0.4, -0.2) is 33.9 Å². The smallest absolute Gasteiger partial charge is 0.247 e. The fourth-order valence-corrected chi connectivity index (χ4v) is 5.80. The fraction of sp³-hybridized carbons (Fsp3) is 0.379. The third-order valence-corrected chi connectivity index (χ3v) is 7.70. The highest BCUT2D eigenvalue weighted by molar-refractivity contribution is 6.00. The summed E-state index contributed by atoms with van der Waals surface area (Å²) >= 11 is 0. The van der Waals surface area contributed by atoms with Crippen LogP contribution in [0.1, 0.15) is 62.2 Å². The molecule has 2 saturated carbocycles. The number of anilines is 1. The Kier molecular flexibility index (Phi) is 5.67. The van der Waals surface area contributed by atoms with E-state index in [1.54, 1.807) is 12.1 Å². The number of carbonyl (C=O) groups is 2. The van der Waals surface area contributed by atoms with Gasteiger partial charge in [0.2, 0.25) is 11.8 Å². The predicted octanol–water partition coefficient (Wildman–Crippen LogP) is 5.62. The average molecular weight is 472 g/mol. The monoisotopic (exact) mass is 471 g/mol. The molecule has 2 heterocycles. The normalized spacial score (nSPS) is 19.7. The standard InChI is InChI=1S/C29H30FN3O2/c30-22-14-12-20(13-15-22)28-26-11-6-18-31(26)24-9-4-5-10-25(24)33(28)27(34)19-32(23-16-17-23)29(35)21-7-2-1-3-8-21/h4-6,9-15,18,21,23,28H,1-3,7-8,16-17,19H2. The van der Waals surface area contributed by atoms with Gasteiger partial charge < -0.3 is 9.47 Å². The van der Waals surface area contributed by atoms with E-state index in [9.17, 15) is 14.0 Å². The number of amides is 2. The lowest BCUT2D eigenvalue weighted by Crippen LogP contribution is -2.48. The van der Waals surface area contributed by atoms with E-state index in [1.165, 1.54) is 18.6 Å². The average Bonchev–Trinajstić information content (AvgIpc) is 3.62. The molecular formula is C29H30FN3O2. The summed E-state index contributed by atoms with van der Waals surface area (Å²) in [7, 11) is 0. The molecule has 0 radical (unpaired) electrons. The van der Waals surface area contributed by atoms with Crippen LogP contribution in [0.4, 0.5) is 10.1 Å². The number of halogens is 1. The van der Waals surface area contributed by atoms with E-state index in [1.807, 2.05) is 52.4 Å². The maximum Gasteiger partial charge on any atom is 0.247 e. The van der Waals surface area contributed by atoms with E-state index in [0.29, 0.717) is 0 Å². The number of nitrogens with zero attached hydrogens (tertiary/aromatic N) is 3. The second-order valence-corrected chi connectivity index (χ2v) is 10.0. The molecule has 3 aliphatic rings. The minimum atomic E-state index is -0.404. The SMILES string of the molecule is O=C(C1CCCCC1)N(CC(=O)N1c2ccccc2-n2cccc2C1c1ccc(F)cc1)C1CC1. The number of carbonyl (C=O) groups excluding carboxylic acids is 2. The van der Waals surface area contributed by atoms with Crippen molar-refractivity contribution in [3.63, 3.8) is 0 Å². The first-order valence-corrected chi connectivity index (χ1v) is 12.8. The third-order valence-electron chi connectivity index (χ3n) is 7.70. The Balaban J connectivity index is 1.38. The van der Waals surface area contributed by atoms with E-state index in [2.05, 4.69) is 4.57 Å². The van der Waals surface area contributed by atoms with Gasteiger partial charge in [-0.2, -0.15) is 0 Å². The summed E-state index contributed by atoms with van der Waals surface area (Å²) < 4.78 is 15.9. The predicted molar refractivity (Wildman–Crippen MR) is 133 cm³/mol. The number of benzene rings is 2. The van der Waals surface area contributed by atoms with Crippen LogP contribution in [0.2, 0.25) is 0 Å². The van der Waals surface area contributed by atoms with Gasteiger partial charge in [-0.1, -0.05) is 43.5 Å². The number of aromatic nitrogens is 1. The van der Waals surface area contributed by atoms with E-state index in [-0.39, 0.29) is 36.1 Å². The van der Waals surface area contributed by atoms with Crippen LogP contribution in [0.3, 0.4) is 0 Å². The highest BCUT2D eigenvalue weighted by Gasteiger charge is 2.41. The van der Waals surface area contributed by atoms with Crippen molar-refractivity contribution in [3.8, 4) is 5.69 Å². The van der Waals surface area contributed by atoms with Crippen LogP contribution >= 0.6 is 0 Å². The summed E-state index contributed by atoms with van der Waals surface area (Å²) in [6.07, 6.45) is 9.14. The number of para-hydroxylation sites is 2. The topological polar surface area (TPSA) is 45.6 Å². The van der Waals surface area contributed by atoms with Crippen molar-refractivity contribution >= 4 is 17.5 Å². The molecule has 1 atom stereocenters. The Morgan fingerprint density at radius 1 is 0.857 bits per heavy atom. The Morgan fingerprint density at radius 3 is 2.29 bits per heavy atom. The molecule has 2 aliphatic carbocycles. The Bertz CT molecular complexity index is 1240. The summed E-state index contributed by atoms with van der Waals surface area (Å²) in [4.78, 5) is 31.3.